The summed E-state index contributed by atoms with van der Waals surface area (Å²) in [4.78, 5) is 16.7. The Labute approximate surface area is 202 Å². The fourth-order valence-electron chi connectivity index (χ4n) is 3.82. The molecule has 7 nitrogen and oxygen atoms in total. The van der Waals surface area contributed by atoms with Crippen molar-refractivity contribution in [3.05, 3.63) is 65.4 Å². The van der Waals surface area contributed by atoms with Crippen molar-refractivity contribution in [2.24, 2.45) is 0 Å². The topological polar surface area (TPSA) is 60.5 Å². The highest BCUT2D eigenvalue weighted by molar-refractivity contribution is 5.84. The van der Waals surface area contributed by atoms with Crippen LogP contribution in [-0.2, 0) is 17.6 Å². The molecule has 1 aliphatic rings. The summed E-state index contributed by atoms with van der Waals surface area (Å²) in [6, 6.07) is 9.80. The SMILES string of the molecule is COc1ccc(CCN(C)C/C=C/CN2C=Cc3cc(OC)c(OC)cc3CC2=O)cc1OC. The van der Waals surface area contributed by atoms with Crippen molar-refractivity contribution in [3.8, 4) is 23.0 Å². The van der Waals surface area contributed by atoms with E-state index in [4.69, 9.17) is 18.9 Å². The monoisotopic (exact) mass is 466 g/mol. The zero-order chi connectivity index (χ0) is 24.5. The Morgan fingerprint density at radius 1 is 0.912 bits per heavy atom. The third kappa shape index (κ3) is 6.32. The molecule has 182 valence electrons. The van der Waals surface area contributed by atoms with Gasteiger partial charge in [-0.05, 0) is 60.5 Å². The second-order valence-electron chi connectivity index (χ2n) is 8.12. The zero-order valence-corrected chi connectivity index (χ0v) is 20.7. The Kier molecular flexibility index (Phi) is 8.99. The number of nitrogens with zero attached hydrogens (tertiary/aromatic N) is 2. The minimum atomic E-state index is 0.0497. The second-order valence-corrected chi connectivity index (χ2v) is 8.12. The highest BCUT2D eigenvalue weighted by Crippen LogP contribution is 2.32. The largest absolute Gasteiger partial charge is 0.493 e. The van der Waals surface area contributed by atoms with Gasteiger partial charge in [0.05, 0.1) is 34.9 Å². The van der Waals surface area contributed by atoms with Gasteiger partial charge in [0.25, 0.3) is 0 Å². The highest BCUT2D eigenvalue weighted by atomic mass is 16.5. The van der Waals surface area contributed by atoms with Crippen LogP contribution >= 0.6 is 0 Å². The minimum absolute atomic E-state index is 0.0497. The van der Waals surface area contributed by atoms with Crippen LogP contribution in [0.2, 0.25) is 0 Å². The normalized spacial score (nSPS) is 13.2. The molecule has 7 heteroatoms. The van der Waals surface area contributed by atoms with Crippen LogP contribution in [0.3, 0.4) is 0 Å². The molecule has 0 saturated carbocycles. The maximum atomic E-state index is 12.8. The van der Waals surface area contributed by atoms with Gasteiger partial charge in [-0.3, -0.25) is 4.79 Å². The molecule has 0 unspecified atom stereocenters. The molecule has 0 fully saturated rings. The summed E-state index contributed by atoms with van der Waals surface area (Å²) < 4.78 is 21.4. The third-order valence-electron chi connectivity index (χ3n) is 5.86. The average molecular weight is 467 g/mol. The summed E-state index contributed by atoms with van der Waals surface area (Å²) in [5, 5.41) is 0. The number of methoxy groups -OCH3 is 4. The van der Waals surface area contributed by atoms with Crippen molar-refractivity contribution >= 4 is 12.0 Å². The lowest BCUT2D eigenvalue weighted by Gasteiger charge is -2.17. The van der Waals surface area contributed by atoms with E-state index < -0.39 is 0 Å². The van der Waals surface area contributed by atoms with E-state index in [0.29, 0.717) is 24.5 Å². The van der Waals surface area contributed by atoms with Gasteiger partial charge in [0, 0.05) is 25.8 Å². The molecule has 2 aromatic rings. The van der Waals surface area contributed by atoms with E-state index >= 15 is 0 Å². The Morgan fingerprint density at radius 3 is 2.29 bits per heavy atom. The van der Waals surface area contributed by atoms with E-state index in [9.17, 15) is 4.79 Å². The van der Waals surface area contributed by atoms with Crippen LogP contribution in [0.4, 0.5) is 0 Å². The molecule has 34 heavy (non-hydrogen) atoms. The lowest BCUT2D eigenvalue weighted by atomic mass is 10.0. The van der Waals surface area contributed by atoms with E-state index in [0.717, 1.165) is 42.1 Å². The summed E-state index contributed by atoms with van der Waals surface area (Å²) in [6.07, 6.45) is 9.15. The van der Waals surface area contributed by atoms with Gasteiger partial charge in [0.15, 0.2) is 23.0 Å². The fraction of sp³-hybridized carbons (Fsp3) is 0.370. The lowest BCUT2D eigenvalue weighted by molar-refractivity contribution is -0.127. The molecular formula is C27H34N2O5. The first kappa shape index (κ1) is 25.2. The van der Waals surface area contributed by atoms with Crippen LogP contribution in [0.25, 0.3) is 6.08 Å². The van der Waals surface area contributed by atoms with Crippen LogP contribution in [0.1, 0.15) is 16.7 Å². The number of likely N-dealkylation sites (N-methyl/N-ethyl adjacent to an activating group) is 1. The average Bonchev–Trinajstić information content (AvgIpc) is 3.01. The number of carbonyl (C=O) groups excluding carboxylic acids is 1. The van der Waals surface area contributed by atoms with Crippen molar-refractivity contribution in [2.75, 3.05) is 55.1 Å². The van der Waals surface area contributed by atoms with E-state index in [1.165, 1.54) is 5.56 Å². The van der Waals surface area contributed by atoms with E-state index in [2.05, 4.69) is 24.1 Å². The molecular weight excluding hydrogens is 432 g/mol. The van der Waals surface area contributed by atoms with Gasteiger partial charge >= 0.3 is 0 Å². The van der Waals surface area contributed by atoms with E-state index in [1.807, 2.05) is 42.6 Å². The number of benzene rings is 2. The summed E-state index contributed by atoms with van der Waals surface area (Å²) in [6.45, 7) is 2.23. The van der Waals surface area contributed by atoms with Gasteiger partial charge in [0.2, 0.25) is 5.91 Å². The lowest BCUT2D eigenvalue weighted by Crippen LogP contribution is -2.27. The van der Waals surface area contributed by atoms with Crippen molar-refractivity contribution < 1.29 is 23.7 Å². The van der Waals surface area contributed by atoms with Gasteiger partial charge in [0.1, 0.15) is 0 Å². The molecule has 0 radical (unpaired) electrons. The van der Waals surface area contributed by atoms with Crippen molar-refractivity contribution in [2.45, 2.75) is 12.8 Å². The van der Waals surface area contributed by atoms with Crippen LogP contribution in [0.5, 0.6) is 23.0 Å². The predicted molar refractivity (Wildman–Crippen MR) is 134 cm³/mol. The number of hydrogen-bond acceptors (Lipinski definition) is 6. The molecule has 1 heterocycles. The molecule has 0 spiro atoms. The standard InChI is InChI=1S/C27H34N2O5/c1-28(14-10-20-8-9-23(31-2)24(16-20)32-3)12-6-7-13-29-15-11-21-17-25(33-4)26(34-5)18-22(21)19-27(29)30/h6-9,11,15-18H,10,12-14,19H2,1-5H3/b7-6+. The molecule has 0 aromatic heterocycles. The Balaban J connectivity index is 1.51. The zero-order valence-electron chi connectivity index (χ0n) is 20.7. The molecule has 0 N–H and O–H groups in total. The van der Waals surface area contributed by atoms with Gasteiger partial charge in [-0.2, -0.15) is 0 Å². The van der Waals surface area contributed by atoms with Gasteiger partial charge in [-0.15, -0.1) is 0 Å². The number of hydrogen-bond donors (Lipinski definition) is 0. The first-order valence-electron chi connectivity index (χ1n) is 11.3. The molecule has 1 aliphatic heterocycles. The van der Waals surface area contributed by atoms with Crippen LogP contribution in [0.15, 0.2) is 48.7 Å². The summed E-state index contributed by atoms with van der Waals surface area (Å²) in [7, 11) is 8.58. The molecule has 0 bridgehead atoms. The first-order valence-corrected chi connectivity index (χ1v) is 11.3. The Morgan fingerprint density at radius 2 is 1.59 bits per heavy atom. The van der Waals surface area contributed by atoms with E-state index in [1.54, 1.807) is 33.3 Å². The van der Waals surface area contributed by atoms with Crippen LogP contribution in [0, 0.1) is 0 Å². The molecule has 0 atom stereocenters. The Hall–Kier alpha value is -3.45. The predicted octanol–water partition coefficient (Wildman–Crippen LogP) is 3.81. The maximum Gasteiger partial charge on any atom is 0.231 e. The third-order valence-corrected chi connectivity index (χ3v) is 5.86. The minimum Gasteiger partial charge on any atom is -0.493 e. The Bertz CT molecular complexity index is 1050. The summed E-state index contributed by atoms with van der Waals surface area (Å²) in [5.41, 5.74) is 3.09. The fourth-order valence-corrected chi connectivity index (χ4v) is 3.82. The first-order chi connectivity index (χ1) is 16.5. The smallest absolute Gasteiger partial charge is 0.231 e. The summed E-state index contributed by atoms with van der Waals surface area (Å²) in [5.74, 6) is 2.82. The molecule has 1 amide bonds. The van der Waals surface area contributed by atoms with Crippen LogP contribution < -0.4 is 18.9 Å². The quantitative estimate of drug-likeness (QED) is 0.470. The van der Waals surface area contributed by atoms with Crippen LogP contribution in [-0.4, -0.2) is 70.8 Å². The van der Waals surface area contributed by atoms with E-state index in [-0.39, 0.29) is 5.91 Å². The van der Waals surface area contributed by atoms with Crippen molar-refractivity contribution in [3.63, 3.8) is 0 Å². The number of amides is 1. The van der Waals surface area contributed by atoms with Crippen molar-refractivity contribution in [1.82, 2.24) is 9.80 Å². The molecule has 0 aliphatic carbocycles. The molecule has 3 rings (SSSR count). The molecule has 0 saturated heterocycles. The summed E-state index contributed by atoms with van der Waals surface area (Å²) >= 11 is 0. The molecule has 2 aromatic carbocycles. The van der Waals surface area contributed by atoms with Crippen molar-refractivity contribution in [1.29, 1.82) is 0 Å². The highest BCUT2D eigenvalue weighted by Gasteiger charge is 2.18. The van der Waals surface area contributed by atoms with Gasteiger partial charge in [-0.1, -0.05) is 18.2 Å². The number of fused-ring (bicyclic) bond motifs is 1. The maximum absolute atomic E-state index is 12.8. The van der Waals surface area contributed by atoms with Gasteiger partial charge in [-0.25, -0.2) is 0 Å². The van der Waals surface area contributed by atoms with Gasteiger partial charge < -0.3 is 28.7 Å². The number of ether oxygens (including phenoxy) is 4. The number of rotatable bonds is 11. The second kappa shape index (κ2) is 12.1. The number of carbonyl (C=O) groups is 1.